The summed E-state index contributed by atoms with van der Waals surface area (Å²) in [5.41, 5.74) is 6.34. The lowest BCUT2D eigenvalue weighted by Crippen LogP contribution is -2.31. The third-order valence-corrected chi connectivity index (χ3v) is 4.79. The molecular formula is C12H17N5O2S. The molecule has 0 saturated carbocycles. The summed E-state index contributed by atoms with van der Waals surface area (Å²) in [6, 6.07) is 5.39. The fourth-order valence-electron chi connectivity index (χ4n) is 1.86. The van der Waals surface area contributed by atoms with Crippen molar-refractivity contribution in [2.45, 2.75) is 18.4 Å². The second-order valence-electron chi connectivity index (χ2n) is 4.30. The molecule has 108 valence electrons. The van der Waals surface area contributed by atoms with Crippen molar-refractivity contribution in [2.24, 2.45) is 7.05 Å². The van der Waals surface area contributed by atoms with Gasteiger partial charge in [-0.1, -0.05) is 13.0 Å². The van der Waals surface area contributed by atoms with Gasteiger partial charge >= 0.3 is 0 Å². The van der Waals surface area contributed by atoms with E-state index in [-0.39, 0.29) is 17.3 Å². The molecule has 0 fully saturated rings. The van der Waals surface area contributed by atoms with Crippen molar-refractivity contribution in [2.75, 3.05) is 12.3 Å². The van der Waals surface area contributed by atoms with Crippen molar-refractivity contribution < 1.29 is 8.42 Å². The van der Waals surface area contributed by atoms with Crippen LogP contribution in [0.15, 0.2) is 35.5 Å². The molecule has 0 aliphatic rings. The maximum absolute atomic E-state index is 12.6. The van der Waals surface area contributed by atoms with E-state index in [2.05, 4.69) is 10.1 Å². The third kappa shape index (κ3) is 2.81. The predicted octanol–water partition coefficient (Wildman–Crippen LogP) is 0.608. The first-order valence-corrected chi connectivity index (χ1v) is 7.58. The lowest BCUT2D eigenvalue weighted by molar-refractivity contribution is 0.419. The number of nitrogen functional groups attached to an aromatic ring is 1. The minimum Gasteiger partial charge on any atom is -0.381 e. The van der Waals surface area contributed by atoms with Crippen molar-refractivity contribution in [3.8, 4) is 0 Å². The highest BCUT2D eigenvalue weighted by Crippen LogP contribution is 2.21. The van der Waals surface area contributed by atoms with E-state index in [0.29, 0.717) is 12.2 Å². The quantitative estimate of drug-likeness (QED) is 0.872. The number of hydrogen-bond acceptors (Lipinski definition) is 5. The van der Waals surface area contributed by atoms with Crippen LogP contribution in [0.25, 0.3) is 0 Å². The first-order chi connectivity index (χ1) is 9.45. The third-order valence-electron chi connectivity index (χ3n) is 2.86. The molecule has 20 heavy (non-hydrogen) atoms. The second kappa shape index (κ2) is 5.59. The Labute approximate surface area is 118 Å². The van der Waals surface area contributed by atoms with Gasteiger partial charge in [-0.25, -0.2) is 8.42 Å². The SMILES string of the molecule is CCN(Cc1ccccn1)S(=O)(=O)c1cn(C)nc1N. The Morgan fingerprint density at radius 1 is 1.40 bits per heavy atom. The Balaban J connectivity index is 2.33. The Bertz CT molecular complexity index is 681. The maximum atomic E-state index is 12.6. The molecule has 0 amide bonds. The van der Waals surface area contributed by atoms with Crippen LogP contribution in [0.1, 0.15) is 12.6 Å². The zero-order valence-electron chi connectivity index (χ0n) is 11.4. The fraction of sp³-hybridized carbons (Fsp3) is 0.333. The van der Waals surface area contributed by atoms with Crippen LogP contribution in [0, 0.1) is 0 Å². The van der Waals surface area contributed by atoms with Gasteiger partial charge < -0.3 is 5.73 Å². The molecule has 2 aromatic heterocycles. The van der Waals surface area contributed by atoms with E-state index in [4.69, 9.17) is 5.73 Å². The molecule has 0 atom stereocenters. The molecule has 0 unspecified atom stereocenters. The monoisotopic (exact) mass is 295 g/mol. The molecule has 2 rings (SSSR count). The smallest absolute Gasteiger partial charge is 0.248 e. The molecular weight excluding hydrogens is 278 g/mol. The average molecular weight is 295 g/mol. The second-order valence-corrected chi connectivity index (χ2v) is 6.21. The molecule has 0 aliphatic heterocycles. The van der Waals surface area contributed by atoms with Crippen LogP contribution in [0.3, 0.4) is 0 Å². The van der Waals surface area contributed by atoms with E-state index >= 15 is 0 Å². The predicted molar refractivity (Wildman–Crippen MR) is 75.1 cm³/mol. The van der Waals surface area contributed by atoms with Crippen LogP contribution in [0.2, 0.25) is 0 Å². The number of anilines is 1. The van der Waals surface area contributed by atoms with Gasteiger partial charge in [-0.3, -0.25) is 9.67 Å². The van der Waals surface area contributed by atoms with Crippen molar-refractivity contribution >= 4 is 15.8 Å². The van der Waals surface area contributed by atoms with Gasteiger partial charge in [-0.2, -0.15) is 9.40 Å². The zero-order chi connectivity index (χ0) is 14.8. The maximum Gasteiger partial charge on any atom is 0.248 e. The summed E-state index contributed by atoms with van der Waals surface area (Å²) in [7, 11) is -2.04. The van der Waals surface area contributed by atoms with E-state index in [1.807, 2.05) is 6.07 Å². The summed E-state index contributed by atoms with van der Waals surface area (Å²) in [4.78, 5) is 4.17. The Morgan fingerprint density at radius 2 is 2.15 bits per heavy atom. The summed E-state index contributed by atoms with van der Waals surface area (Å²) in [5, 5.41) is 3.87. The highest BCUT2D eigenvalue weighted by atomic mass is 32.2. The van der Waals surface area contributed by atoms with E-state index in [1.165, 1.54) is 15.2 Å². The van der Waals surface area contributed by atoms with Crippen LogP contribution >= 0.6 is 0 Å². The van der Waals surface area contributed by atoms with Crippen molar-refractivity contribution in [3.63, 3.8) is 0 Å². The van der Waals surface area contributed by atoms with Crippen LogP contribution in [0.5, 0.6) is 0 Å². The van der Waals surface area contributed by atoms with E-state index in [1.54, 1.807) is 32.3 Å². The number of nitrogens with two attached hydrogens (primary N) is 1. The lowest BCUT2D eigenvalue weighted by Gasteiger charge is -2.19. The molecule has 0 radical (unpaired) electrons. The Kier molecular flexibility index (Phi) is 4.05. The molecule has 0 bridgehead atoms. The number of sulfonamides is 1. The highest BCUT2D eigenvalue weighted by Gasteiger charge is 2.27. The summed E-state index contributed by atoms with van der Waals surface area (Å²) in [6.07, 6.45) is 3.04. The Morgan fingerprint density at radius 3 is 2.65 bits per heavy atom. The largest absolute Gasteiger partial charge is 0.381 e. The summed E-state index contributed by atoms with van der Waals surface area (Å²) in [6.45, 7) is 2.30. The Hall–Kier alpha value is -1.93. The summed E-state index contributed by atoms with van der Waals surface area (Å²) >= 11 is 0. The lowest BCUT2D eigenvalue weighted by atomic mass is 10.3. The van der Waals surface area contributed by atoms with Crippen LogP contribution in [0.4, 0.5) is 5.82 Å². The van der Waals surface area contributed by atoms with Crippen LogP contribution < -0.4 is 5.73 Å². The first-order valence-electron chi connectivity index (χ1n) is 6.14. The highest BCUT2D eigenvalue weighted by molar-refractivity contribution is 7.89. The standard InChI is InChI=1S/C12H17N5O2S/c1-3-17(8-10-6-4-5-7-14-10)20(18,19)11-9-16(2)15-12(11)13/h4-7,9H,3,8H2,1-2H3,(H2,13,15). The summed E-state index contributed by atoms with van der Waals surface area (Å²) in [5.74, 6) is 0.00645. The first kappa shape index (κ1) is 14.5. The number of aryl methyl sites for hydroxylation is 1. The zero-order valence-corrected chi connectivity index (χ0v) is 12.2. The van der Waals surface area contributed by atoms with Gasteiger partial charge in [0.25, 0.3) is 0 Å². The van der Waals surface area contributed by atoms with Gasteiger partial charge in [-0.05, 0) is 12.1 Å². The molecule has 7 nitrogen and oxygen atoms in total. The van der Waals surface area contributed by atoms with Gasteiger partial charge in [0.05, 0.1) is 12.2 Å². The normalized spacial score (nSPS) is 11.9. The number of pyridine rings is 1. The van der Waals surface area contributed by atoms with Crippen molar-refractivity contribution in [1.29, 1.82) is 0 Å². The van der Waals surface area contributed by atoms with Gasteiger partial charge in [0.15, 0.2) is 5.82 Å². The van der Waals surface area contributed by atoms with Gasteiger partial charge in [-0.15, -0.1) is 0 Å². The number of rotatable bonds is 5. The molecule has 2 N–H and O–H groups in total. The minimum absolute atomic E-state index is 0.00645. The van der Waals surface area contributed by atoms with E-state index in [0.717, 1.165) is 0 Å². The van der Waals surface area contributed by atoms with E-state index in [9.17, 15) is 8.42 Å². The fourth-order valence-corrected chi connectivity index (χ4v) is 3.37. The number of nitrogens with zero attached hydrogens (tertiary/aromatic N) is 4. The molecule has 0 saturated heterocycles. The van der Waals surface area contributed by atoms with Crippen LogP contribution in [-0.4, -0.2) is 34.0 Å². The van der Waals surface area contributed by atoms with Crippen LogP contribution in [-0.2, 0) is 23.6 Å². The van der Waals surface area contributed by atoms with Gasteiger partial charge in [0.2, 0.25) is 10.0 Å². The molecule has 2 heterocycles. The molecule has 2 aromatic rings. The van der Waals surface area contributed by atoms with Crippen molar-refractivity contribution in [1.82, 2.24) is 19.1 Å². The topological polar surface area (TPSA) is 94.1 Å². The molecule has 0 spiro atoms. The van der Waals surface area contributed by atoms with Crippen molar-refractivity contribution in [3.05, 3.63) is 36.3 Å². The molecule has 0 aromatic carbocycles. The van der Waals surface area contributed by atoms with E-state index < -0.39 is 10.0 Å². The van der Waals surface area contributed by atoms with Gasteiger partial charge in [0.1, 0.15) is 4.90 Å². The molecule has 8 heteroatoms. The molecule has 0 aliphatic carbocycles. The summed E-state index contributed by atoms with van der Waals surface area (Å²) < 4.78 is 27.8. The number of hydrogen-bond donors (Lipinski definition) is 1. The number of aromatic nitrogens is 3. The van der Waals surface area contributed by atoms with Gasteiger partial charge in [0, 0.05) is 26.0 Å². The average Bonchev–Trinajstić information content (AvgIpc) is 2.76. The minimum atomic E-state index is -3.67.